The molecular formula is C33H78BN3O15. The van der Waals surface area contributed by atoms with Crippen LogP contribution in [0.2, 0.25) is 0 Å². The van der Waals surface area contributed by atoms with Gasteiger partial charge in [0.25, 0.3) is 0 Å². The minimum absolute atomic E-state index is 0.334. The van der Waals surface area contributed by atoms with Crippen LogP contribution in [0.3, 0.4) is 0 Å². The van der Waals surface area contributed by atoms with Crippen LogP contribution in [0.5, 0.6) is 0 Å². The Balaban J connectivity index is -0.000000315. The summed E-state index contributed by atoms with van der Waals surface area (Å²) in [6, 6.07) is 0. The Morgan fingerprint density at radius 3 is 0.635 bits per heavy atom. The van der Waals surface area contributed by atoms with E-state index in [9.17, 15) is 0 Å². The lowest BCUT2D eigenvalue weighted by atomic mass is 10.0. The summed E-state index contributed by atoms with van der Waals surface area (Å²) in [4.78, 5) is 64.7. The van der Waals surface area contributed by atoms with Crippen LogP contribution in [-0.2, 0) is 58.1 Å². The fourth-order valence-electron chi connectivity index (χ4n) is 3.40. The molecule has 0 bridgehead atoms. The first-order valence-electron chi connectivity index (χ1n) is 18.3. The van der Waals surface area contributed by atoms with Crippen LogP contribution in [0.15, 0.2) is 0 Å². The monoisotopic (exact) mass is 768 g/mol. The van der Waals surface area contributed by atoms with Gasteiger partial charge in [0, 0.05) is 0 Å². The highest BCUT2D eigenvalue weighted by Crippen LogP contribution is 2.29. The molecule has 0 aromatic carbocycles. The highest BCUT2D eigenvalue weighted by Gasteiger charge is 2.45. The second kappa shape index (κ2) is 31.5. The van der Waals surface area contributed by atoms with Gasteiger partial charge in [-0.15, -0.1) is 0 Å². The standard InChI is InChI=1S/3C11H26NO4.BO3/c3*1-7-10-15-12(13-5,14-6)16-11(4,8-2)9-3;2-1(3)4/h3*7-10H2,1-6H3;/q3*+1;-3. The van der Waals surface area contributed by atoms with Crippen LogP contribution in [0.25, 0.3) is 0 Å². The molecule has 0 spiro atoms. The van der Waals surface area contributed by atoms with Gasteiger partial charge in [0.05, 0.1) is 0 Å². The molecular weight excluding hydrogens is 689 g/mol. The summed E-state index contributed by atoms with van der Waals surface area (Å²) in [5.41, 5.74) is -1.00. The van der Waals surface area contributed by atoms with E-state index in [1.165, 1.54) is 42.7 Å². The molecule has 52 heavy (non-hydrogen) atoms. The Hall–Kier alpha value is -0.655. The average molecular weight is 768 g/mol. The Morgan fingerprint density at radius 2 is 0.538 bits per heavy atom. The maximum Gasteiger partial charge on any atom is 0.247 e. The van der Waals surface area contributed by atoms with Gasteiger partial charge in [-0.25, -0.2) is 0 Å². The molecule has 0 aliphatic heterocycles. The molecule has 0 unspecified atom stereocenters. The maximum absolute atomic E-state index is 8.42. The molecule has 18 nitrogen and oxygen atoms in total. The average Bonchev–Trinajstić information content (AvgIpc) is 3.16. The van der Waals surface area contributed by atoms with Crippen molar-refractivity contribution in [1.82, 2.24) is 0 Å². The molecule has 0 aromatic rings. The van der Waals surface area contributed by atoms with Crippen molar-refractivity contribution >= 4 is 7.32 Å². The van der Waals surface area contributed by atoms with Gasteiger partial charge >= 0.3 is 0 Å². The van der Waals surface area contributed by atoms with Crippen LogP contribution in [0.4, 0.5) is 0 Å². The first kappa shape index (κ1) is 58.1. The van der Waals surface area contributed by atoms with E-state index >= 15 is 0 Å². The van der Waals surface area contributed by atoms with E-state index in [4.69, 9.17) is 73.1 Å². The van der Waals surface area contributed by atoms with Gasteiger partial charge < -0.3 is 15.1 Å². The first-order chi connectivity index (χ1) is 24.3. The van der Waals surface area contributed by atoms with Gasteiger partial charge in [0.1, 0.15) is 79.3 Å². The molecule has 19 heteroatoms. The second-order valence-electron chi connectivity index (χ2n) is 12.0. The zero-order chi connectivity index (χ0) is 41.5. The van der Waals surface area contributed by atoms with Crippen LogP contribution >= 0.6 is 0 Å². The highest BCUT2D eigenvalue weighted by atomic mass is 17.4. The largest absolute Gasteiger partial charge is 0.907 e. The summed E-state index contributed by atoms with van der Waals surface area (Å²) in [7, 11) is 6.03. The normalized spacial score (nSPS) is 12.6. The highest BCUT2D eigenvalue weighted by molar-refractivity contribution is 6.24. The summed E-state index contributed by atoms with van der Waals surface area (Å²) < 4.78 is 0. The molecule has 0 saturated heterocycles. The zero-order valence-electron chi connectivity index (χ0n) is 36.0. The second-order valence-corrected chi connectivity index (χ2v) is 12.0. The quantitative estimate of drug-likeness (QED) is 0.0652. The van der Waals surface area contributed by atoms with Crippen molar-refractivity contribution in [2.45, 2.75) is 158 Å². The lowest BCUT2D eigenvalue weighted by molar-refractivity contribution is -1.47. The van der Waals surface area contributed by atoms with E-state index in [0.29, 0.717) is 19.8 Å². The molecule has 0 amide bonds. The van der Waals surface area contributed by atoms with Gasteiger partial charge in [-0.3, -0.25) is 7.32 Å². The number of rotatable bonds is 27. The predicted molar refractivity (Wildman–Crippen MR) is 188 cm³/mol. The molecule has 0 radical (unpaired) electrons. The van der Waals surface area contributed by atoms with E-state index < -0.39 is 22.7 Å². The zero-order valence-corrected chi connectivity index (χ0v) is 36.0. The van der Waals surface area contributed by atoms with E-state index in [2.05, 4.69) is 41.5 Å². The van der Waals surface area contributed by atoms with Crippen molar-refractivity contribution in [3.8, 4) is 0 Å². The Kier molecular flexibility index (Phi) is 35.2. The summed E-state index contributed by atoms with van der Waals surface area (Å²) in [5.74, 6) is 0. The van der Waals surface area contributed by atoms with Gasteiger partial charge in [0.2, 0.25) is 15.4 Å². The summed E-state index contributed by atoms with van der Waals surface area (Å²) in [5, 5.41) is 23.2. The first-order valence-corrected chi connectivity index (χ1v) is 18.3. The van der Waals surface area contributed by atoms with Crippen molar-refractivity contribution in [2.75, 3.05) is 62.5 Å². The third-order valence-corrected chi connectivity index (χ3v) is 8.19. The number of nitrogens with zero attached hydrogens (tertiary/aromatic N) is 3. The molecule has 0 aromatic heterocycles. The summed E-state index contributed by atoms with van der Waals surface area (Å²) >= 11 is 0. The molecule has 0 N–H and O–H groups in total. The van der Waals surface area contributed by atoms with E-state index in [1.807, 2.05) is 41.5 Å². The maximum atomic E-state index is 8.42. The SMILES string of the molecule is CCCO[N+](OC)(OC)OC(C)(CC)CC.CCCO[N+](OC)(OC)OC(C)(CC)CC.CCCO[N+](OC)(OC)OC(C)(CC)CC.[O-]B([O-])[O-]. The third kappa shape index (κ3) is 24.7. The lowest BCUT2D eigenvalue weighted by Gasteiger charge is -2.35. The molecule has 318 valence electrons. The number of quaternary nitrogens is 3. The van der Waals surface area contributed by atoms with Crippen LogP contribution in [0, 0.1) is 0 Å². The minimum Gasteiger partial charge on any atom is -0.907 e. The number of hydrogen-bond acceptors (Lipinski definition) is 15. The summed E-state index contributed by atoms with van der Waals surface area (Å²) in [6.07, 6.45) is 7.72. The van der Waals surface area contributed by atoms with Crippen LogP contribution in [0.1, 0.15) is 141 Å². The van der Waals surface area contributed by atoms with Crippen LogP contribution < -0.4 is 15.1 Å². The molecule has 0 rings (SSSR count). The molecule has 0 saturated carbocycles. The van der Waals surface area contributed by atoms with Gasteiger partial charge in [-0.2, -0.15) is 0 Å². The van der Waals surface area contributed by atoms with Crippen molar-refractivity contribution in [3.05, 3.63) is 0 Å². The fourth-order valence-corrected chi connectivity index (χ4v) is 3.40. The number of hydrogen-bond donors (Lipinski definition) is 0. The minimum atomic E-state index is -2.92. The fraction of sp³-hybridized carbons (Fsp3) is 1.00. The molecule has 0 fully saturated rings. The Bertz CT molecular complexity index is 684. The Morgan fingerprint density at radius 1 is 0.385 bits per heavy atom. The molecule has 0 heterocycles. The topological polar surface area (TPSA) is 180 Å². The van der Waals surface area contributed by atoms with Crippen molar-refractivity contribution in [2.24, 2.45) is 0 Å². The van der Waals surface area contributed by atoms with E-state index in [-0.39, 0.29) is 16.8 Å². The molecule has 0 atom stereocenters. The van der Waals surface area contributed by atoms with E-state index in [0.717, 1.165) is 57.8 Å². The van der Waals surface area contributed by atoms with Crippen molar-refractivity contribution in [1.29, 1.82) is 0 Å². The Labute approximate surface area is 315 Å². The van der Waals surface area contributed by atoms with Crippen molar-refractivity contribution in [3.63, 3.8) is 0 Å². The van der Waals surface area contributed by atoms with Crippen LogP contribution in [-0.4, -0.2) is 102 Å². The summed E-state index contributed by atoms with van der Waals surface area (Å²) in [6.45, 7) is 25.9. The third-order valence-electron chi connectivity index (χ3n) is 8.19. The molecule has 0 aliphatic rings. The van der Waals surface area contributed by atoms with Gasteiger partial charge in [-0.1, -0.05) is 120 Å². The van der Waals surface area contributed by atoms with Gasteiger partial charge in [-0.05, 0) is 78.6 Å². The predicted octanol–water partition coefficient (Wildman–Crippen LogP) is 4.39. The van der Waals surface area contributed by atoms with Gasteiger partial charge in [0.15, 0.2) is 0 Å². The smallest absolute Gasteiger partial charge is 0.247 e. The van der Waals surface area contributed by atoms with E-state index in [1.54, 1.807) is 0 Å². The van der Waals surface area contributed by atoms with Crippen molar-refractivity contribution < 1.29 is 88.5 Å². The molecule has 0 aliphatic carbocycles. The lowest BCUT2D eigenvalue weighted by Crippen LogP contribution is -2.56.